The number of pyridine rings is 1. The average molecular weight is 855 g/mol. The normalized spacial score (nSPS) is 24.8. The van der Waals surface area contributed by atoms with Crippen molar-refractivity contribution in [3.63, 3.8) is 0 Å². The molecule has 318 valence electrons. The third kappa shape index (κ3) is 8.12. The first kappa shape index (κ1) is 41.5. The Morgan fingerprint density at radius 1 is 0.952 bits per heavy atom. The molecule has 1 unspecified atom stereocenters. The van der Waals surface area contributed by atoms with Gasteiger partial charge in [0.1, 0.15) is 23.7 Å². The van der Waals surface area contributed by atoms with Gasteiger partial charge in [0.2, 0.25) is 11.8 Å². The number of amides is 4. The van der Waals surface area contributed by atoms with E-state index in [2.05, 4.69) is 41.1 Å². The highest BCUT2D eigenvalue weighted by atomic mass is 35.5. The van der Waals surface area contributed by atoms with Crippen LogP contribution in [-0.4, -0.2) is 80.6 Å². The van der Waals surface area contributed by atoms with Crippen LogP contribution in [0.4, 0.5) is 4.39 Å². The third-order valence-electron chi connectivity index (χ3n) is 13.5. The number of carbonyl (C=O) groups excluding carboxylic acids is 4. The number of rotatable bonds is 9. The number of nitriles is 1. The van der Waals surface area contributed by atoms with Crippen LogP contribution >= 0.6 is 11.6 Å². The van der Waals surface area contributed by atoms with Crippen LogP contribution in [0.5, 0.6) is 5.75 Å². The van der Waals surface area contributed by atoms with Crippen molar-refractivity contribution in [2.45, 2.75) is 101 Å². The maximum Gasteiger partial charge on any atom is 0.256 e. The molecule has 2 aromatic carbocycles. The van der Waals surface area contributed by atoms with E-state index in [0.717, 1.165) is 88.0 Å². The largest absolute Gasteiger partial charge is 0.490 e. The maximum atomic E-state index is 15.6. The second-order valence-electron chi connectivity index (χ2n) is 17.3. The summed E-state index contributed by atoms with van der Waals surface area (Å²) in [7, 11) is 0. The molecule has 1 aromatic heterocycles. The van der Waals surface area contributed by atoms with E-state index in [1.54, 1.807) is 24.3 Å². The fraction of sp³-hybridized carbons (Fsp3) is 0.388. The van der Waals surface area contributed by atoms with Crippen molar-refractivity contribution in [2.24, 2.45) is 0 Å². The van der Waals surface area contributed by atoms with Crippen LogP contribution < -0.4 is 10.1 Å². The molecule has 4 aliphatic heterocycles. The fourth-order valence-corrected chi connectivity index (χ4v) is 10.2. The van der Waals surface area contributed by atoms with E-state index in [1.807, 2.05) is 23.1 Å². The molecule has 3 aromatic rings. The number of imide groups is 1. The van der Waals surface area contributed by atoms with Crippen molar-refractivity contribution in [2.75, 3.05) is 19.6 Å². The predicted octanol–water partition coefficient (Wildman–Crippen LogP) is 8.08. The molecule has 1 saturated heterocycles. The number of aromatic nitrogens is 1. The lowest BCUT2D eigenvalue weighted by Gasteiger charge is -2.44. The highest BCUT2D eigenvalue weighted by Crippen LogP contribution is 2.41. The van der Waals surface area contributed by atoms with Crippen LogP contribution in [0.3, 0.4) is 0 Å². The molecular weight excluding hydrogens is 807 g/mol. The van der Waals surface area contributed by atoms with Crippen LogP contribution in [0.15, 0.2) is 78.4 Å². The van der Waals surface area contributed by atoms with Crippen LogP contribution in [0.25, 0.3) is 11.6 Å². The van der Waals surface area contributed by atoms with E-state index in [4.69, 9.17) is 21.3 Å². The number of hydrogen-bond donors (Lipinski definition) is 1. The molecule has 1 atom stereocenters. The van der Waals surface area contributed by atoms with E-state index in [-0.39, 0.29) is 49.0 Å². The summed E-state index contributed by atoms with van der Waals surface area (Å²) in [6, 6.07) is 13.4. The van der Waals surface area contributed by atoms with Gasteiger partial charge in [0.15, 0.2) is 0 Å². The molecule has 11 nitrogen and oxygen atoms in total. The van der Waals surface area contributed by atoms with Crippen molar-refractivity contribution in [3.05, 3.63) is 128 Å². The lowest BCUT2D eigenvalue weighted by Crippen LogP contribution is -2.52. The van der Waals surface area contributed by atoms with Crippen molar-refractivity contribution in [3.8, 4) is 11.8 Å². The number of ether oxygens (including phenoxy) is 1. The Hall–Kier alpha value is -5.90. The summed E-state index contributed by atoms with van der Waals surface area (Å²) in [6.45, 7) is 7.21. The minimum absolute atomic E-state index is 0.0168. The van der Waals surface area contributed by atoms with Crippen molar-refractivity contribution in [1.82, 2.24) is 25.0 Å². The van der Waals surface area contributed by atoms with Gasteiger partial charge in [0.25, 0.3) is 11.8 Å². The van der Waals surface area contributed by atoms with Gasteiger partial charge in [0, 0.05) is 49.8 Å². The Labute approximate surface area is 365 Å². The van der Waals surface area contributed by atoms with Gasteiger partial charge in [-0.25, -0.2) is 4.39 Å². The van der Waals surface area contributed by atoms with E-state index in [0.29, 0.717) is 51.6 Å². The summed E-state index contributed by atoms with van der Waals surface area (Å²) < 4.78 is 21.8. The van der Waals surface area contributed by atoms with E-state index in [1.165, 1.54) is 22.1 Å². The summed E-state index contributed by atoms with van der Waals surface area (Å²) in [4.78, 5) is 62.1. The van der Waals surface area contributed by atoms with Gasteiger partial charge in [-0.3, -0.25) is 34.4 Å². The summed E-state index contributed by atoms with van der Waals surface area (Å²) in [5.41, 5.74) is 7.19. The Morgan fingerprint density at radius 2 is 1.79 bits per heavy atom. The number of allylic oxidation sites excluding steroid dienone is 2. The molecule has 2 fully saturated rings. The molecule has 9 rings (SSSR count). The Morgan fingerprint density at radius 3 is 2.53 bits per heavy atom. The first-order valence-corrected chi connectivity index (χ1v) is 22.0. The van der Waals surface area contributed by atoms with Gasteiger partial charge < -0.3 is 14.5 Å². The number of hydrogen-bond acceptors (Lipinski definition) is 8. The Bertz CT molecular complexity index is 2530. The van der Waals surface area contributed by atoms with Crippen LogP contribution in [0.2, 0.25) is 5.02 Å². The van der Waals surface area contributed by atoms with Crippen LogP contribution in [-0.2, 0) is 22.7 Å². The zero-order valence-electron chi connectivity index (χ0n) is 34.6. The monoisotopic (exact) mass is 854 g/mol. The first-order valence-electron chi connectivity index (χ1n) is 21.6. The minimum atomic E-state index is -0.737. The number of carbonyl (C=O) groups is 4. The smallest absolute Gasteiger partial charge is 0.256 e. The first-order chi connectivity index (χ1) is 30.0. The molecule has 13 heteroatoms. The number of fused-ring (bicyclic) bond motifs is 2. The average Bonchev–Trinajstić information content (AvgIpc) is 3.65. The van der Waals surface area contributed by atoms with Gasteiger partial charge in [-0.15, -0.1) is 6.58 Å². The van der Waals surface area contributed by atoms with E-state index >= 15 is 4.39 Å². The molecule has 0 spiro atoms. The molecule has 1 saturated carbocycles. The molecule has 0 radical (unpaired) electrons. The highest BCUT2D eigenvalue weighted by Gasteiger charge is 2.45. The van der Waals surface area contributed by atoms with E-state index < -0.39 is 17.5 Å². The number of nitrogens with zero attached hydrogens (tertiary/aromatic N) is 5. The molecule has 5 heterocycles. The van der Waals surface area contributed by atoms with E-state index in [9.17, 15) is 24.4 Å². The molecule has 0 bridgehead atoms. The number of piperidine rings is 1. The van der Waals surface area contributed by atoms with Gasteiger partial charge in [-0.05, 0) is 118 Å². The number of nitrogens with one attached hydrogen (secondary N) is 1. The van der Waals surface area contributed by atoms with Crippen LogP contribution in [0.1, 0.15) is 119 Å². The second kappa shape index (κ2) is 17.1. The summed E-state index contributed by atoms with van der Waals surface area (Å²) in [6.07, 6.45) is 15.9. The molecule has 2 aliphatic carbocycles. The second-order valence-corrected chi connectivity index (χ2v) is 17.7. The lowest BCUT2D eigenvalue weighted by molar-refractivity contribution is -0.136. The van der Waals surface area contributed by atoms with Crippen molar-refractivity contribution in [1.29, 1.82) is 5.26 Å². The maximum absolute atomic E-state index is 15.6. The van der Waals surface area contributed by atoms with Crippen molar-refractivity contribution < 1.29 is 28.3 Å². The van der Waals surface area contributed by atoms with Crippen LogP contribution in [0, 0.1) is 17.1 Å². The number of halogens is 2. The van der Waals surface area contributed by atoms with Gasteiger partial charge in [0.05, 0.1) is 45.7 Å². The third-order valence-corrected chi connectivity index (χ3v) is 13.9. The summed E-state index contributed by atoms with van der Waals surface area (Å²) in [5, 5.41) is 11.9. The quantitative estimate of drug-likeness (QED) is 0.169. The predicted molar refractivity (Wildman–Crippen MR) is 232 cm³/mol. The molecular formula is C49H48ClFN6O5. The summed E-state index contributed by atoms with van der Waals surface area (Å²) in [5.74, 6) is -0.874. The van der Waals surface area contributed by atoms with Gasteiger partial charge >= 0.3 is 0 Å². The number of benzene rings is 2. The summed E-state index contributed by atoms with van der Waals surface area (Å²) >= 11 is 6.22. The zero-order valence-corrected chi connectivity index (χ0v) is 35.3. The minimum Gasteiger partial charge on any atom is -0.490 e. The zero-order chi connectivity index (χ0) is 43.1. The highest BCUT2D eigenvalue weighted by molar-refractivity contribution is 6.31. The molecule has 62 heavy (non-hydrogen) atoms. The standard InChI is InChI=1S/C49H48ClFN6O5/c1-2-49(18-15-36(16-19-49)62-37-11-9-33(26-52)41(50)24-37)57-29-43-38(48(57)61)12-10-35(53-43)22-30-5-7-31(8-6-30)27-55-20-3-4-32(17-21-55)39-25-40-34(23-42(39)51)28-56(47(40)60)44-13-14-45(58)54-46(44)59/h2,4,7,9-12,22-25,36,44H,1,3,5-6,8,13-21,27-29H2,(H,54,58,59)/b30-22-/t36-,44?,49+. The molecule has 1 N–H and O–H groups in total. The SMILES string of the molecule is C=C[C@]1(N2Cc3nc(/C=C4/CC=C(CN5CCC=C(c6cc7c(cc6F)CN(C6CCC(=O)NC6=O)C7=O)CC5)CC4)ccc3C2=O)CC[C@@H](Oc2ccc(C#N)c(Cl)c2)CC1. The topological polar surface area (TPSA) is 136 Å². The Kier molecular flexibility index (Phi) is 11.4. The molecule has 4 amide bonds. The lowest BCUT2D eigenvalue weighted by atomic mass is 9.79. The van der Waals surface area contributed by atoms with Gasteiger partial charge in [-0.2, -0.15) is 5.26 Å². The molecule has 6 aliphatic rings. The van der Waals surface area contributed by atoms with Gasteiger partial charge in [-0.1, -0.05) is 41.0 Å². The Balaban J connectivity index is 0.778. The fourth-order valence-electron chi connectivity index (χ4n) is 10.0. The van der Waals surface area contributed by atoms with Crippen molar-refractivity contribution >= 4 is 46.9 Å².